The maximum Gasteiger partial charge on any atom is 0.133 e. The molecule has 9 heavy (non-hydrogen) atoms. The van der Waals surface area contributed by atoms with E-state index in [1.54, 1.807) is 6.26 Å². The topological polar surface area (TPSA) is 13.1 Å². The van der Waals surface area contributed by atoms with Crippen LogP contribution in [0.4, 0.5) is 0 Å². The van der Waals surface area contributed by atoms with Crippen LogP contribution in [0.2, 0.25) is 0 Å². The summed E-state index contributed by atoms with van der Waals surface area (Å²) >= 11 is 0. The van der Waals surface area contributed by atoms with Gasteiger partial charge in [0.1, 0.15) is 5.58 Å². The Labute approximate surface area is 54.4 Å². The third kappa shape index (κ3) is 0.617. The summed E-state index contributed by atoms with van der Waals surface area (Å²) < 4.78 is 5.12. The molecule has 1 heterocycles. The largest absolute Gasteiger partial charge is 0.464 e. The van der Waals surface area contributed by atoms with Gasteiger partial charge < -0.3 is 4.42 Å². The number of rotatable bonds is 0. The Morgan fingerprint density at radius 2 is 2.00 bits per heavy atom. The molecule has 1 aromatic carbocycles. The van der Waals surface area contributed by atoms with Crippen molar-refractivity contribution in [1.29, 1.82) is 0 Å². The van der Waals surface area contributed by atoms with Crippen molar-refractivity contribution < 1.29 is 5.84 Å². The molecule has 1 heteroatoms. The van der Waals surface area contributed by atoms with Crippen molar-refractivity contribution in [2.24, 2.45) is 0 Å². The molecule has 0 saturated heterocycles. The van der Waals surface area contributed by atoms with Gasteiger partial charge in [0, 0.05) is 6.81 Å². The number of hydrogen-bond donors (Lipinski definition) is 0. The van der Waals surface area contributed by atoms with Gasteiger partial charge in [0.2, 0.25) is 0 Å². The molecule has 0 saturated carbocycles. The molecule has 0 aliphatic heterocycles. The Kier molecular flexibility index (Phi) is 0.833. The normalized spacial score (nSPS) is 10.2. The van der Waals surface area contributed by atoms with E-state index in [2.05, 4.69) is 0 Å². The molecule has 0 radical (unpaired) electrons. The summed E-state index contributed by atoms with van der Waals surface area (Å²) in [6.07, 6.45) is 1.70. The van der Waals surface area contributed by atoms with E-state index >= 15 is 0 Å². The molecular formula is C8H8O. The Hall–Kier alpha value is -1.24. The van der Waals surface area contributed by atoms with Gasteiger partial charge in [0.05, 0.1) is 6.26 Å². The molecule has 0 aliphatic carbocycles. The van der Waals surface area contributed by atoms with E-state index in [4.69, 9.17) is 4.42 Å². The van der Waals surface area contributed by atoms with Crippen molar-refractivity contribution in [2.75, 3.05) is 0 Å². The summed E-state index contributed by atoms with van der Waals surface area (Å²) in [4.78, 5) is 0. The molecular weight excluding hydrogens is 112 g/mol. The lowest BCUT2D eigenvalue weighted by Gasteiger charge is -1.81. The average molecular weight is 120 g/mol. The van der Waals surface area contributed by atoms with Gasteiger partial charge in [-0.25, -0.2) is 0 Å². The first-order valence-electron chi connectivity index (χ1n) is 2.89. The zero-order valence-electron chi connectivity index (χ0n) is 4.87. The minimum absolute atomic E-state index is 0. The van der Waals surface area contributed by atoms with Gasteiger partial charge >= 0.3 is 0 Å². The number of hydrogen-bond acceptors (Lipinski definition) is 1. The summed E-state index contributed by atoms with van der Waals surface area (Å²) in [5.41, 5.74) is 0.956. The number of benzene rings is 1. The molecule has 0 N–H and O–H groups in total. The molecule has 1 aromatic heterocycles. The zero-order chi connectivity index (χ0) is 6.10. The van der Waals surface area contributed by atoms with E-state index in [9.17, 15) is 0 Å². The highest BCUT2D eigenvalue weighted by Crippen LogP contribution is 2.12. The monoisotopic (exact) mass is 120 g/mol. The van der Waals surface area contributed by atoms with Gasteiger partial charge in [-0.1, -0.05) is 18.2 Å². The van der Waals surface area contributed by atoms with Gasteiger partial charge in [-0.05, 0) is 12.1 Å². The molecule has 0 bridgehead atoms. The maximum atomic E-state index is 5.12. The number of fused-ring (bicyclic) bond motifs is 1. The predicted molar refractivity (Wildman–Crippen MR) is 38.3 cm³/mol. The van der Waals surface area contributed by atoms with Crippen molar-refractivity contribution in [3.05, 3.63) is 36.6 Å². The minimum Gasteiger partial charge on any atom is -0.464 e. The standard InChI is InChI=1S/C8H6O.H2/c1-2-4-8-7(3-1)5-6-9-8;/h1-6H;1H. The quantitative estimate of drug-likeness (QED) is 0.521. The maximum absolute atomic E-state index is 5.12. The lowest BCUT2D eigenvalue weighted by molar-refractivity contribution is 0.616. The third-order valence-electron chi connectivity index (χ3n) is 1.36. The summed E-state index contributed by atoms with van der Waals surface area (Å²) in [5.74, 6) is 0. The van der Waals surface area contributed by atoms with Gasteiger partial charge in [-0.15, -0.1) is 0 Å². The molecule has 46 valence electrons. The summed E-state index contributed by atoms with van der Waals surface area (Å²) in [6, 6.07) is 9.90. The minimum atomic E-state index is 0. The molecule has 0 unspecified atom stereocenters. The highest BCUT2D eigenvalue weighted by atomic mass is 16.3. The first kappa shape index (κ1) is 4.62. The van der Waals surface area contributed by atoms with Crippen LogP contribution in [0.15, 0.2) is 41.0 Å². The number of para-hydroxylation sites is 1. The lowest BCUT2D eigenvalue weighted by atomic mass is 10.3. The smallest absolute Gasteiger partial charge is 0.133 e. The van der Waals surface area contributed by atoms with Crippen LogP contribution >= 0.6 is 0 Å². The third-order valence-corrected chi connectivity index (χ3v) is 1.36. The van der Waals surface area contributed by atoms with Crippen LogP contribution in [0, 0.1) is 0 Å². The van der Waals surface area contributed by atoms with Crippen molar-refractivity contribution in [3.8, 4) is 0 Å². The Morgan fingerprint density at radius 1 is 1.11 bits per heavy atom. The summed E-state index contributed by atoms with van der Waals surface area (Å²) in [6.45, 7) is 0. The Morgan fingerprint density at radius 3 is 2.89 bits per heavy atom. The van der Waals surface area contributed by atoms with Crippen LogP contribution in [0.3, 0.4) is 0 Å². The second-order valence-corrected chi connectivity index (χ2v) is 1.96. The second kappa shape index (κ2) is 1.62. The second-order valence-electron chi connectivity index (χ2n) is 1.96. The van der Waals surface area contributed by atoms with Crippen LogP contribution in [-0.4, -0.2) is 0 Å². The van der Waals surface area contributed by atoms with Gasteiger partial charge in [-0.3, -0.25) is 0 Å². The van der Waals surface area contributed by atoms with Crippen LogP contribution in [-0.2, 0) is 0 Å². The van der Waals surface area contributed by atoms with Crippen molar-refractivity contribution in [3.63, 3.8) is 0 Å². The molecule has 2 rings (SSSR count). The van der Waals surface area contributed by atoms with E-state index in [1.807, 2.05) is 30.3 Å². The van der Waals surface area contributed by atoms with Gasteiger partial charge in [0.15, 0.2) is 0 Å². The molecule has 2 aromatic rings. The molecule has 0 atom stereocenters. The highest BCUT2D eigenvalue weighted by Gasteiger charge is 1.89. The predicted octanol–water partition coefficient (Wildman–Crippen LogP) is 2.68. The van der Waals surface area contributed by atoms with E-state index in [0.717, 1.165) is 11.0 Å². The summed E-state index contributed by atoms with van der Waals surface area (Å²) in [7, 11) is 0. The van der Waals surface area contributed by atoms with E-state index < -0.39 is 0 Å². The highest BCUT2D eigenvalue weighted by molar-refractivity contribution is 5.76. The molecule has 1 nitrogen and oxygen atoms in total. The van der Waals surface area contributed by atoms with Gasteiger partial charge in [-0.2, -0.15) is 0 Å². The van der Waals surface area contributed by atoms with Crippen LogP contribution in [0.1, 0.15) is 1.43 Å². The van der Waals surface area contributed by atoms with Crippen LogP contribution in [0.5, 0.6) is 0 Å². The summed E-state index contributed by atoms with van der Waals surface area (Å²) in [5, 5.41) is 1.16. The molecule has 0 spiro atoms. The SMILES string of the molecule is [HH].c1ccc2occc2c1. The Bertz CT molecular complexity index is 283. The fourth-order valence-corrected chi connectivity index (χ4v) is 0.906. The average Bonchev–Trinajstić information content (AvgIpc) is 2.33. The lowest BCUT2D eigenvalue weighted by Crippen LogP contribution is -1.57. The van der Waals surface area contributed by atoms with Gasteiger partial charge in [0.25, 0.3) is 0 Å². The van der Waals surface area contributed by atoms with Crippen LogP contribution in [0.25, 0.3) is 11.0 Å². The van der Waals surface area contributed by atoms with E-state index in [-0.39, 0.29) is 1.43 Å². The fourth-order valence-electron chi connectivity index (χ4n) is 0.906. The molecule has 0 fully saturated rings. The zero-order valence-corrected chi connectivity index (χ0v) is 4.87. The fraction of sp³-hybridized carbons (Fsp3) is 0. The van der Waals surface area contributed by atoms with E-state index in [1.165, 1.54) is 0 Å². The first-order valence-corrected chi connectivity index (χ1v) is 2.89. The van der Waals surface area contributed by atoms with Crippen molar-refractivity contribution in [2.45, 2.75) is 0 Å². The van der Waals surface area contributed by atoms with Crippen molar-refractivity contribution >= 4 is 11.0 Å². The molecule has 0 aliphatic rings. The van der Waals surface area contributed by atoms with Crippen LogP contribution < -0.4 is 0 Å². The first-order chi connectivity index (χ1) is 4.47. The van der Waals surface area contributed by atoms with Crippen molar-refractivity contribution in [1.82, 2.24) is 0 Å². The number of furan rings is 1. The molecule has 0 amide bonds. The van der Waals surface area contributed by atoms with E-state index in [0.29, 0.717) is 0 Å². The Balaban J connectivity index is 0.000000500.